The zero-order valence-electron chi connectivity index (χ0n) is 20.3. The standard InChI is InChI=1S/C28H29ClN2O3S/c1-5-28(32,6-2)25-18-31(27(30-25)26-19(3)9-7-12-24(26)29)22-15-13-20(14-16-22)21-10-8-11-23(17-21)35(4,33)34/h7-18,32H,5-6H2,1-4H3. The molecule has 0 aliphatic rings. The molecule has 1 N–H and O–H groups in total. The van der Waals surface area contributed by atoms with E-state index >= 15 is 0 Å². The Bertz CT molecular complexity index is 1450. The summed E-state index contributed by atoms with van der Waals surface area (Å²) < 4.78 is 25.9. The Labute approximate surface area is 212 Å². The zero-order valence-corrected chi connectivity index (χ0v) is 21.9. The molecule has 0 aliphatic carbocycles. The number of hydrogen-bond acceptors (Lipinski definition) is 4. The second-order valence-electron chi connectivity index (χ2n) is 8.84. The third-order valence-corrected chi connectivity index (χ3v) is 7.96. The van der Waals surface area contributed by atoms with Gasteiger partial charge in [-0.3, -0.25) is 4.57 Å². The molecule has 5 nitrogen and oxygen atoms in total. The lowest BCUT2D eigenvalue weighted by Crippen LogP contribution is -2.23. The summed E-state index contributed by atoms with van der Waals surface area (Å²) in [6.45, 7) is 5.88. The molecule has 3 aromatic carbocycles. The van der Waals surface area contributed by atoms with Crippen LogP contribution in [0.5, 0.6) is 0 Å². The van der Waals surface area contributed by atoms with Crippen molar-refractivity contribution in [3.63, 3.8) is 0 Å². The van der Waals surface area contributed by atoms with E-state index in [9.17, 15) is 13.5 Å². The Morgan fingerprint density at radius 1 is 0.971 bits per heavy atom. The maximum Gasteiger partial charge on any atom is 0.175 e. The monoisotopic (exact) mass is 508 g/mol. The number of aryl methyl sites for hydroxylation is 1. The van der Waals surface area contributed by atoms with E-state index < -0.39 is 15.4 Å². The number of hydrogen-bond donors (Lipinski definition) is 1. The molecule has 0 saturated carbocycles. The van der Waals surface area contributed by atoms with Crippen LogP contribution in [0.15, 0.2) is 77.8 Å². The van der Waals surface area contributed by atoms with Gasteiger partial charge in [-0.2, -0.15) is 0 Å². The van der Waals surface area contributed by atoms with Gasteiger partial charge in [0.25, 0.3) is 0 Å². The van der Waals surface area contributed by atoms with Crippen LogP contribution in [0.2, 0.25) is 5.02 Å². The number of sulfone groups is 1. The second kappa shape index (κ2) is 9.61. The molecule has 0 fully saturated rings. The number of aromatic nitrogens is 2. The normalized spacial score (nSPS) is 12.2. The third kappa shape index (κ3) is 4.92. The number of benzene rings is 3. The fourth-order valence-corrected chi connectivity index (χ4v) is 5.20. The molecule has 0 unspecified atom stereocenters. The van der Waals surface area contributed by atoms with Gasteiger partial charge >= 0.3 is 0 Å². The Morgan fingerprint density at radius 3 is 2.23 bits per heavy atom. The molecule has 0 amide bonds. The maximum atomic E-state index is 12.0. The Balaban J connectivity index is 1.85. The van der Waals surface area contributed by atoms with Crippen molar-refractivity contribution in [1.29, 1.82) is 0 Å². The average Bonchev–Trinajstić information content (AvgIpc) is 3.29. The van der Waals surface area contributed by atoms with Crippen LogP contribution in [0.3, 0.4) is 0 Å². The van der Waals surface area contributed by atoms with Crippen molar-refractivity contribution in [3.05, 3.63) is 89.2 Å². The first-order chi connectivity index (χ1) is 16.6. The van der Waals surface area contributed by atoms with Crippen LogP contribution in [0, 0.1) is 6.92 Å². The second-order valence-corrected chi connectivity index (χ2v) is 11.3. The van der Waals surface area contributed by atoms with Crippen molar-refractivity contribution >= 4 is 21.4 Å². The van der Waals surface area contributed by atoms with Gasteiger partial charge in [0.05, 0.1) is 15.6 Å². The zero-order chi connectivity index (χ0) is 25.4. The highest BCUT2D eigenvalue weighted by Crippen LogP contribution is 2.36. The minimum Gasteiger partial charge on any atom is -0.384 e. The summed E-state index contributed by atoms with van der Waals surface area (Å²) >= 11 is 6.61. The van der Waals surface area contributed by atoms with Crippen LogP contribution in [-0.2, 0) is 15.4 Å². The van der Waals surface area contributed by atoms with E-state index in [1.165, 1.54) is 6.26 Å². The predicted octanol–water partition coefficient (Wildman–Crippen LogP) is 6.58. The van der Waals surface area contributed by atoms with Crippen LogP contribution in [0.25, 0.3) is 28.2 Å². The van der Waals surface area contributed by atoms with Gasteiger partial charge in [-0.15, -0.1) is 0 Å². The largest absolute Gasteiger partial charge is 0.384 e. The summed E-state index contributed by atoms with van der Waals surface area (Å²) in [6.07, 6.45) is 4.16. The first-order valence-corrected chi connectivity index (χ1v) is 13.8. The molecule has 0 saturated heterocycles. The van der Waals surface area contributed by atoms with Crippen molar-refractivity contribution in [3.8, 4) is 28.2 Å². The van der Waals surface area contributed by atoms with Crippen LogP contribution >= 0.6 is 11.6 Å². The highest BCUT2D eigenvalue weighted by atomic mass is 35.5. The number of imidazole rings is 1. The minimum absolute atomic E-state index is 0.285. The van der Waals surface area contributed by atoms with E-state index in [4.69, 9.17) is 16.6 Å². The molecule has 4 aromatic rings. The highest BCUT2D eigenvalue weighted by molar-refractivity contribution is 7.90. The molecule has 0 spiro atoms. The number of nitrogens with zero attached hydrogens (tertiary/aromatic N) is 2. The number of halogens is 1. The summed E-state index contributed by atoms with van der Waals surface area (Å²) in [5, 5.41) is 11.8. The van der Waals surface area contributed by atoms with Crippen LogP contribution in [-0.4, -0.2) is 29.3 Å². The molecule has 0 bridgehead atoms. The van der Waals surface area contributed by atoms with Gasteiger partial charge in [-0.05, 0) is 66.8 Å². The van der Waals surface area contributed by atoms with Gasteiger partial charge in [0.15, 0.2) is 9.84 Å². The van der Waals surface area contributed by atoms with Crippen molar-refractivity contribution in [1.82, 2.24) is 9.55 Å². The summed E-state index contributed by atoms with van der Waals surface area (Å²) in [6, 6.07) is 20.5. The van der Waals surface area contributed by atoms with E-state index in [0.717, 1.165) is 27.9 Å². The van der Waals surface area contributed by atoms with Crippen molar-refractivity contribution in [2.45, 2.75) is 44.1 Å². The molecule has 0 atom stereocenters. The number of aliphatic hydroxyl groups is 1. The third-order valence-electron chi connectivity index (χ3n) is 6.54. The lowest BCUT2D eigenvalue weighted by atomic mass is 9.94. The van der Waals surface area contributed by atoms with Gasteiger partial charge in [0, 0.05) is 23.7 Å². The molecule has 0 radical (unpaired) electrons. The summed E-state index contributed by atoms with van der Waals surface area (Å²) in [5.74, 6) is 0.662. The van der Waals surface area contributed by atoms with Gasteiger partial charge in [0.1, 0.15) is 11.4 Å². The first-order valence-electron chi connectivity index (χ1n) is 11.6. The van der Waals surface area contributed by atoms with E-state index in [-0.39, 0.29) is 4.90 Å². The molecule has 4 rings (SSSR count). The van der Waals surface area contributed by atoms with Crippen LogP contribution in [0.4, 0.5) is 0 Å². The minimum atomic E-state index is -3.29. The molecule has 1 aromatic heterocycles. The molecular formula is C28H29ClN2O3S. The van der Waals surface area contributed by atoms with Crippen molar-refractivity contribution in [2.75, 3.05) is 6.26 Å². The molecule has 1 heterocycles. The molecular weight excluding hydrogens is 480 g/mol. The van der Waals surface area contributed by atoms with E-state index in [2.05, 4.69) is 0 Å². The molecule has 0 aliphatic heterocycles. The quantitative estimate of drug-likeness (QED) is 0.306. The van der Waals surface area contributed by atoms with Crippen LogP contribution < -0.4 is 0 Å². The van der Waals surface area contributed by atoms with Gasteiger partial charge < -0.3 is 5.11 Å². The van der Waals surface area contributed by atoms with Gasteiger partial charge in [-0.1, -0.05) is 61.8 Å². The molecule has 35 heavy (non-hydrogen) atoms. The van der Waals surface area contributed by atoms with Gasteiger partial charge in [-0.25, -0.2) is 13.4 Å². The summed E-state index contributed by atoms with van der Waals surface area (Å²) in [4.78, 5) is 5.16. The average molecular weight is 509 g/mol. The highest BCUT2D eigenvalue weighted by Gasteiger charge is 2.30. The predicted molar refractivity (Wildman–Crippen MR) is 142 cm³/mol. The van der Waals surface area contributed by atoms with E-state index in [1.807, 2.05) is 80.1 Å². The lowest BCUT2D eigenvalue weighted by molar-refractivity contribution is 0.0244. The summed E-state index contributed by atoms with van der Waals surface area (Å²) in [7, 11) is -3.29. The Kier molecular flexibility index (Phi) is 6.91. The Morgan fingerprint density at radius 2 is 1.63 bits per heavy atom. The topological polar surface area (TPSA) is 72.2 Å². The SMILES string of the molecule is CCC(O)(CC)c1cn(-c2ccc(-c3cccc(S(C)(=O)=O)c3)cc2)c(-c2c(C)cccc2Cl)n1. The fraction of sp³-hybridized carbons (Fsp3) is 0.250. The van der Waals surface area contributed by atoms with Crippen LogP contribution in [0.1, 0.15) is 37.9 Å². The Hall–Kier alpha value is -2.93. The van der Waals surface area contributed by atoms with E-state index in [1.54, 1.807) is 18.2 Å². The van der Waals surface area contributed by atoms with Gasteiger partial charge in [0.2, 0.25) is 0 Å². The van der Waals surface area contributed by atoms with E-state index in [0.29, 0.717) is 29.4 Å². The van der Waals surface area contributed by atoms with Crippen molar-refractivity contribution < 1.29 is 13.5 Å². The summed E-state index contributed by atoms with van der Waals surface area (Å²) in [5.41, 5.74) is 3.94. The fourth-order valence-electron chi connectivity index (χ4n) is 4.23. The van der Waals surface area contributed by atoms with Crippen molar-refractivity contribution in [2.24, 2.45) is 0 Å². The lowest BCUT2D eigenvalue weighted by Gasteiger charge is -2.22. The number of rotatable bonds is 7. The molecule has 7 heteroatoms. The first kappa shape index (κ1) is 25.2. The maximum absolute atomic E-state index is 12.0. The smallest absolute Gasteiger partial charge is 0.175 e. The molecule has 182 valence electrons.